The highest BCUT2D eigenvalue weighted by atomic mass is 16.5. The number of aromatic nitrogens is 1. The van der Waals surface area contributed by atoms with Gasteiger partial charge in [-0.15, -0.1) is 0 Å². The zero-order valence-electron chi connectivity index (χ0n) is 19.3. The Labute approximate surface area is 194 Å². The number of hydrogen-bond acceptors (Lipinski definition) is 6. The Morgan fingerprint density at radius 2 is 1.73 bits per heavy atom. The minimum atomic E-state index is 0.100. The summed E-state index contributed by atoms with van der Waals surface area (Å²) in [6.45, 7) is 8.66. The van der Waals surface area contributed by atoms with Gasteiger partial charge < -0.3 is 19.0 Å². The van der Waals surface area contributed by atoms with Crippen molar-refractivity contribution < 1.29 is 13.9 Å². The molecule has 2 saturated heterocycles. The number of ether oxygens (including phenoxy) is 1. The van der Waals surface area contributed by atoms with E-state index in [9.17, 15) is 4.79 Å². The van der Waals surface area contributed by atoms with E-state index < -0.39 is 0 Å². The molecule has 2 aliphatic rings. The van der Waals surface area contributed by atoms with Crippen LogP contribution >= 0.6 is 0 Å². The number of anilines is 1. The summed E-state index contributed by atoms with van der Waals surface area (Å²) in [4.78, 5) is 24.4. The van der Waals surface area contributed by atoms with Crippen molar-refractivity contribution in [3.05, 3.63) is 54.1 Å². The van der Waals surface area contributed by atoms with E-state index in [2.05, 4.69) is 31.8 Å². The van der Waals surface area contributed by atoms with E-state index in [4.69, 9.17) is 9.15 Å². The Hall–Kier alpha value is -3.06. The fraction of sp³-hybridized carbons (Fsp3) is 0.462. The van der Waals surface area contributed by atoms with Gasteiger partial charge in [-0.05, 0) is 49.6 Å². The van der Waals surface area contributed by atoms with Gasteiger partial charge in [-0.1, -0.05) is 24.3 Å². The van der Waals surface area contributed by atoms with E-state index in [1.54, 1.807) is 0 Å². The summed E-state index contributed by atoms with van der Waals surface area (Å²) in [5.41, 5.74) is 2.98. The van der Waals surface area contributed by atoms with Gasteiger partial charge in [0.1, 0.15) is 11.3 Å². The number of para-hydroxylation sites is 2. The number of fused-ring (bicyclic) bond motifs is 1. The van der Waals surface area contributed by atoms with Crippen molar-refractivity contribution in [3.8, 4) is 5.75 Å². The maximum absolute atomic E-state index is 13.1. The fourth-order valence-corrected chi connectivity index (χ4v) is 4.81. The van der Waals surface area contributed by atoms with Crippen LogP contribution in [0.2, 0.25) is 0 Å². The smallest absolute Gasteiger partial charge is 0.298 e. The highest BCUT2D eigenvalue weighted by Crippen LogP contribution is 2.27. The molecule has 3 aromatic rings. The van der Waals surface area contributed by atoms with Crippen LogP contribution in [-0.2, 0) is 11.3 Å². The third-order valence-corrected chi connectivity index (χ3v) is 6.72. The molecule has 3 heterocycles. The average molecular weight is 449 g/mol. The molecule has 0 radical (unpaired) electrons. The monoisotopic (exact) mass is 448 g/mol. The standard InChI is InChI=1S/C26H32N4O3/c1-2-32-22-9-7-20(8-10-22)19-28-15-17-29(18-16-28)25(31)21-11-13-30(14-12-21)26-27-23-5-3-4-6-24(23)33-26/h3-10,21H,2,11-19H2,1H3. The highest BCUT2D eigenvalue weighted by molar-refractivity contribution is 5.79. The van der Waals surface area contributed by atoms with Crippen molar-refractivity contribution in [1.82, 2.24) is 14.8 Å². The quantitative estimate of drug-likeness (QED) is 0.572. The fourth-order valence-electron chi connectivity index (χ4n) is 4.81. The number of rotatable bonds is 6. The Morgan fingerprint density at radius 3 is 2.42 bits per heavy atom. The first-order chi connectivity index (χ1) is 16.2. The number of piperazine rings is 1. The third-order valence-electron chi connectivity index (χ3n) is 6.72. The van der Waals surface area contributed by atoms with Crippen molar-refractivity contribution in [2.75, 3.05) is 50.8 Å². The number of carbonyl (C=O) groups excluding carboxylic acids is 1. The highest BCUT2D eigenvalue weighted by Gasteiger charge is 2.31. The van der Waals surface area contributed by atoms with Crippen molar-refractivity contribution in [2.45, 2.75) is 26.3 Å². The van der Waals surface area contributed by atoms with Crippen LogP contribution in [0.1, 0.15) is 25.3 Å². The summed E-state index contributed by atoms with van der Waals surface area (Å²) in [7, 11) is 0. The molecule has 33 heavy (non-hydrogen) atoms. The summed E-state index contributed by atoms with van der Waals surface area (Å²) in [5.74, 6) is 1.33. The van der Waals surface area contributed by atoms with Gasteiger partial charge in [-0.3, -0.25) is 9.69 Å². The number of oxazole rings is 1. The van der Waals surface area contributed by atoms with Crippen LogP contribution < -0.4 is 9.64 Å². The van der Waals surface area contributed by atoms with Crippen molar-refractivity contribution in [3.63, 3.8) is 0 Å². The molecule has 0 unspecified atom stereocenters. The summed E-state index contributed by atoms with van der Waals surface area (Å²) in [5, 5.41) is 0. The minimum absolute atomic E-state index is 0.100. The number of amides is 1. The normalized spacial score (nSPS) is 18.1. The molecule has 174 valence electrons. The Kier molecular flexibility index (Phi) is 6.48. The molecule has 0 aliphatic carbocycles. The molecular weight excluding hydrogens is 416 g/mol. The van der Waals surface area contributed by atoms with Gasteiger partial charge >= 0.3 is 0 Å². The Morgan fingerprint density at radius 1 is 1.00 bits per heavy atom. The first-order valence-corrected chi connectivity index (χ1v) is 12.0. The largest absolute Gasteiger partial charge is 0.494 e. The number of carbonyl (C=O) groups is 1. The molecule has 5 rings (SSSR count). The van der Waals surface area contributed by atoms with E-state index in [-0.39, 0.29) is 5.92 Å². The molecule has 0 saturated carbocycles. The lowest BCUT2D eigenvalue weighted by atomic mass is 9.95. The van der Waals surface area contributed by atoms with E-state index >= 15 is 0 Å². The zero-order valence-corrected chi connectivity index (χ0v) is 19.3. The average Bonchev–Trinajstić information content (AvgIpc) is 3.30. The second kappa shape index (κ2) is 9.83. The summed E-state index contributed by atoms with van der Waals surface area (Å²) in [6, 6.07) is 16.8. The summed E-state index contributed by atoms with van der Waals surface area (Å²) < 4.78 is 11.4. The second-order valence-corrected chi connectivity index (χ2v) is 8.90. The number of piperidine rings is 1. The van der Waals surface area contributed by atoms with Gasteiger partial charge in [-0.2, -0.15) is 4.98 Å². The van der Waals surface area contributed by atoms with Crippen LogP contribution in [0.3, 0.4) is 0 Å². The molecule has 0 bridgehead atoms. The van der Waals surface area contributed by atoms with Crippen molar-refractivity contribution in [1.29, 1.82) is 0 Å². The van der Waals surface area contributed by atoms with Crippen LogP contribution in [0.4, 0.5) is 6.01 Å². The molecule has 0 atom stereocenters. The molecule has 1 amide bonds. The molecule has 2 aromatic carbocycles. The summed E-state index contributed by atoms with van der Waals surface area (Å²) >= 11 is 0. The zero-order chi connectivity index (χ0) is 22.6. The molecule has 7 nitrogen and oxygen atoms in total. The van der Waals surface area contributed by atoms with Gasteiger partial charge in [0, 0.05) is 51.7 Å². The predicted molar refractivity (Wildman–Crippen MR) is 128 cm³/mol. The predicted octanol–water partition coefficient (Wildman–Crippen LogP) is 3.79. The first kappa shape index (κ1) is 21.8. The van der Waals surface area contributed by atoms with Gasteiger partial charge in [0.15, 0.2) is 5.58 Å². The Bertz CT molecular complexity index is 1030. The molecule has 0 N–H and O–H groups in total. The van der Waals surface area contributed by atoms with E-state index in [0.717, 1.165) is 75.5 Å². The lowest BCUT2D eigenvalue weighted by molar-refractivity contribution is -0.138. The van der Waals surface area contributed by atoms with Gasteiger partial charge in [0.25, 0.3) is 6.01 Å². The van der Waals surface area contributed by atoms with Gasteiger partial charge in [0.05, 0.1) is 6.61 Å². The first-order valence-electron chi connectivity index (χ1n) is 12.0. The lowest BCUT2D eigenvalue weighted by Crippen LogP contribution is -2.51. The molecular formula is C26H32N4O3. The van der Waals surface area contributed by atoms with E-state index in [1.165, 1.54) is 5.56 Å². The SMILES string of the molecule is CCOc1ccc(CN2CCN(C(=O)C3CCN(c4nc5ccccc5o4)CC3)CC2)cc1. The molecule has 7 heteroatoms. The number of hydrogen-bond donors (Lipinski definition) is 0. The second-order valence-electron chi connectivity index (χ2n) is 8.90. The lowest BCUT2D eigenvalue weighted by Gasteiger charge is -2.38. The maximum atomic E-state index is 13.1. The number of benzene rings is 2. The van der Waals surface area contributed by atoms with Crippen LogP contribution in [0.5, 0.6) is 5.75 Å². The van der Waals surface area contributed by atoms with E-state index in [0.29, 0.717) is 18.5 Å². The minimum Gasteiger partial charge on any atom is -0.494 e. The topological polar surface area (TPSA) is 62.1 Å². The van der Waals surface area contributed by atoms with Crippen LogP contribution in [0.25, 0.3) is 11.1 Å². The maximum Gasteiger partial charge on any atom is 0.298 e. The number of nitrogens with zero attached hydrogens (tertiary/aromatic N) is 4. The van der Waals surface area contributed by atoms with Crippen molar-refractivity contribution in [2.24, 2.45) is 5.92 Å². The van der Waals surface area contributed by atoms with Crippen LogP contribution in [0.15, 0.2) is 52.9 Å². The van der Waals surface area contributed by atoms with Gasteiger partial charge in [0.2, 0.25) is 5.91 Å². The molecule has 0 spiro atoms. The third kappa shape index (κ3) is 4.98. The van der Waals surface area contributed by atoms with Crippen LogP contribution in [0, 0.1) is 5.92 Å². The van der Waals surface area contributed by atoms with Crippen molar-refractivity contribution >= 4 is 23.0 Å². The molecule has 2 aliphatic heterocycles. The Balaban J connectivity index is 1.09. The van der Waals surface area contributed by atoms with Gasteiger partial charge in [-0.25, -0.2) is 0 Å². The summed E-state index contributed by atoms with van der Waals surface area (Å²) in [6.07, 6.45) is 1.70. The molecule has 2 fully saturated rings. The molecule has 1 aromatic heterocycles. The van der Waals surface area contributed by atoms with E-state index in [1.807, 2.05) is 43.3 Å². The van der Waals surface area contributed by atoms with Crippen LogP contribution in [-0.4, -0.2) is 66.6 Å².